The maximum absolute atomic E-state index is 12.4. The van der Waals surface area contributed by atoms with Crippen LogP contribution < -0.4 is 10.6 Å². The highest BCUT2D eigenvalue weighted by Crippen LogP contribution is 2.18. The van der Waals surface area contributed by atoms with Gasteiger partial charge in [0.1, 0.15) is 0 Å². The number of nitrogens with one attached hydrogen (secondary N) is 2. The number of benzene rings is 1. The Hall–Kier alpha value is -2.04. The summed E-state index contributed by atoms with van der Waals surface area (Å²) in [4.78, 5) is 26.4. The summed E-state index contributed by atoms with van der Waals surface area (Å²) in [5.74, 6) is 0.112. The molecule has 1 saturated heterocycles. The largest absolute Gasteiger partial charge is 0.376 e. The van der Waals surface area contributed by atoms with Gasteiger partial charge in [0, 0.05) is 30.4 Å². The van der Waals surface area contributed by atoms with Crippen molar-refractivity contribution in [2.24, 2.45) is 0 Å². The number of hydrogen-bond acceptors (Lipinski definition) is 3. The first-order chi connectivity index (χ1) is 11.7. The predicted octanol–water partition coefficient (Wildman–Crippen LogP) is 2.78. The summed E-state index contributed by atoms with van der Waals surface area (Å²) < 4.78 is 0. The zero-order chi connectivity index (χ0) is 16.8. The van der Waals surface area contributed by atoms with Crippen molar-refractivity contribution in [3.8, 4) is 0 Å². The van der Waals surface area contributed by atoms with Gasteiger partial charge in [-0.25, -0.2) is 0 Å². The van der Waals surface area contributed by atoms with Crippen LogP contribution in [0.2, 0.25) is 0 Å². The zero-order valence-electron chi connectivity index (χ0n) is 14.2. The third-order valence-corrected chi connectivity index (χ3v) is 4.93. The summed E-state index contributed by atoms with van der Waals surface area (Å²) in [5, 5.41) is 6.23. The first kappa shape index (κ1) is 16.8. The SMILES string of the molecule is O=C(CNc1cccc(C(=O)N2CCCC2)c1)NC1CCCCC1. The van der Waals surface area contributed by atoms with Gasteiger partial charge >= 0.3 is 0 Å². The van der Waals surface area contributed by atoms with Gasteiger partial charge in [0.25, 0.3) is 5.91 Å². The third kappa shape index (κ3) is 4.49. The van der Waals surface area contributed by atoms with Crippen LogP contribution in [0.5, 0.6) is 0 Å². The van der Waals surface area contributed by atoms with E-state index in [4.69, 9.17) is 0 Å². The average molecular weight is 329 g/mol. The van der Waals surface area contributed by atoms with Gasteiger partial charge in [-0.05, 0) is 43.9 Å². The van der Waals surface area contributed by atoms with Gasteiger partial charge < -0.3 is 15.5 Å². The molecule has 0 atom stereocenters. The van der Waals surface area contributed by atoms with E-state index >= 15 is 0 Å². The second-order valence-corrected chi connectivity index (χ2v) is 6.84. The first-order valence-corrected chi connectivity index (χ1v) is 9.15. The first-order valence-electron chi connectivity index (χ1n) is 9.15. The number of carbonyl (C=O) groups is 2. The highest BCUT2D eigenvalue weighted by molar-refractivity contribution is 5.95. The van der Waals surface area contributed by atoms with Gasteiger partial charge in [-0.15, -0.1) is 0 Å². The van der Waals surface area contributed by atoms with Crippen LogP contribution in [0, 0.1) is 0 Å². The molecule has 130 valence electrons. The molecule has 0 radical (unpaired) electrons. The van der Waals surface area contributed by atoms with E-state index in [9.17, 15) is 9.59 Å². The highest BCUT2D eigenvalue weighted by Gasteiger charge is 2.19. The molecule has 2 aliphatic rings. The standard InChI is InChI=1S/C19H27N3O2/c23-18(21-16-8-2-1-3-9-16)14-20-17-10-6-7-15(13-17)19(24)22-11-4-5-12-22/h6-7,10,13,16,20H,1-5,8-9,11-12,14H2,(H,21,23). The van der Waals surface area contributed by atoms with E-state index in [2.05, 4.69) is 10.6 Å². The molecule has 0 spiro atoms. The lowest BCUT2D eigenvalue weighted by Crippen LogP contribution is -2.39. The number of hydrogen-bond donors (Lipinski definition) is 2. The Morgan fingerprint density at radius 2 is 1.79 bits per heavy atom. The van der Waals surface area contributed by atoms with Crippen molar-refractivity contribution in [2.45, 2.75) is 51.0 Å². The lowest BCUT2D eigenvalue weighted by atomic mass is 9.95. The molecular weight excluding hydrogens is 302 g/mol. The Labute approximate surface area is 143 Å². The summed E-state index contributed by atoms with van der Waals surface area (Å²) in [6, 6.07) is 7.78. The van der Waals surface area contributed by atoms with Crippen LogP contribution >= 0.6 is 0 Å². The summed E-state index contributed by atoms with van der Waals surface area (Å²) in [7, 11) is 0. The Kier molecular flexibility index (Phi) is 5.72. The molecule has 1 aromatic rings. The number of amides is 2. The van der Waals surface area contributed by atoms with E-state index < -0.39 is 0 Å². The fraction of sp³-hybridized carbons (Fsp3) is 0.579. The Bertz CT molecular complexity index is 576. The van der Waals surface area contributed by atoms with Crippen molar-refractivity contribution in [2.75, 3.05) is 25.0 Å². The van der Waals surface area contributed by atoms with Gasteiger partial charge in [-0.2, -0.15) is 0 Å². The smallest absolute Gasteiger partial charge is 0.253 e. The van der Waals surface area contributed by atoms with Crippen molar-refractivity contribution >= 4 is 17.5 Å². The lowest BCUT2D eigenvalue weighted by Gasteiger charge is -2.23. The van der Waals surface area contributed by atoms with Crippen LogP contribution in [0.4, 0.5) is 5.69 Å². The molecule has 2 fully saturated rings. The van der Waals surface area contributed by atoms with E-state index in [0.29, 0.717) is 11.6 Å². The van der Waals surface area contributed by atoms with Gasteiger partial charge in [0.15, 0.2) is 0 Å². The summed E-state index contributed by atoms with van der Waals surface area (Å²) in [6.07, 6.45) is 8.05. The molecule has 1 aliphatic heterocycles. The minimum absolute atomic E-state index is 0.0261. The lowest BCUT2D eigenvalue weighted by molar-refractivity contribution is -0.120. The minimum atomic E-state index is 0.0261. The summed E-state index contributed by atoms with van der Waals surface area (Å²) in [5.41, 5.74) is 1.51. The van der Waals surface area contributed by atoms with E-state index in [1.165, 1.54) is 19.3 Å². The zero-order valence-corrected chi connectivity index (χ0v) is 14.2. The number of likely N-dealkylation sites (tertiary alicyclic amines) is 1. The van der Waals surface area contributed by atoms with Crippen LogP contribution in [0.25, 0.3) is 0 Å². The van der Waals surface area contributed by atoms with Crippen LogP contribution in [0.1, 0.15) is 55.3 Å². The Morgan fingerprint density at radius 3 is 2.54 bits per heavy atom. The van der Waals surface area contributed by atoms with Crippen LogP contribution in [-0.4, -0.2) is 42.4 Å². The number of carbonyl (C=O) groups excluding carboxylic acids is 2. The molecule has 0 bridgehead atoms. The fourth-order valence-corrected chi connectivity index (χ4v) is 3.57. The molecule has 0 unspecified atom stereocenters. The third-order valence-electron chi connectivity index (χ3n) is 4.93. The molecule has 1 heterocycles. The molecule has 0 aromatic heterocycles. The molecule has 2 amide bonds. The quantitative estimate of drug-likeness (QED) is 0.873. The van der Waals surface area contributed by atoms with Crippen molar-refractivity contribution in [3.63, 3.8) is 0 Å². The van der Waals surface area contributed by atoms with E-state index in [1.54, 1.807) is 0 Å². The normalized spacial score (nSPS) is 18.4. The molecular formula is C19H27N3O2. The topological polar surface area (TPSA) is 61.4 Å². The van der Waals surface area contributed by atoms with Crippen molar-refractivity contribution in [1.29, 1.82) is 0 Å². The van der Waals surface area contributed by atoms with Crippen LogP contribution in [0.15, 0.2) is 24.3 Å². The Morgan fingerprint density at radius 1 is 1.04 bits per heavy atom. The second-order valence-electron chi connectivity index (χ2n) is 6.84. The van der Waals surface area contributed by atoms with Gasteiger partial charge in [-0.1, -0.05) is 25.3 Å². The molecule has 1 aliphatic carbocycles. The number of anilines is 1. The number of rotatable bonds is 5. The van der Waals surface area contributed by atoms with E-state index in [1.807, 2.05) is 29.2 Å². The molecule has 1 saturated carbocycles. The van der Waals surface area contributed by atoms with Gasteiger partial charge in [-0.3, -0.25) is 9.59 Å². The summed E-state index contributed by atoms with van der Waals surface area (Å²) in [6.45, 7) is 1.94. The van der Waals surface area contributed by atoms with Gasteiger partial charge in [0.2, 0.25) is 5.91 Å². The molecule has 5 nitrogen and oxygen atoms in total. The predicted molar refractivity (Wildman–Crippen MR) is 95.1 cm³/mol. The maximum atomic E-state index is 12.4. The Balaban J connectivity index is 1.50. The fourth-order valence-electron chi connectivity index (χ4n) is 3.57. The highest BCUT2D eigenvalue weighted by atomic mass is 16.2. The van der Waals surface area contributed by atoms with E-state index in [0.717, 1.165) is 44.5 Å². The summed E-state index contributed by atoms with van der Waals surface area (Å²) >= 11 is 0. The minimum Gasteiger partial charge on any atom is -0.376 e. The average Bonchev–Trinajstić information content (AvgIpc) is 3.15. The van der Waals surface area contributed by atoms with E-state index in [-0.39, 0.29) is 18.4 Å². The van der Waals surface area contributed by atoms with Crippen molar-refractivity contribution < 1.29 is 9.59 Å². The molecule has 3 rings (SSSR count). The van der Waals surface area contributed by atoms with Crippen LogP contribution in [0.3, 0.4) is 0 Å². The molecule has 24 heavy (non-hydrogen) atoms. The second kappa shape index (κ2) is 8.18. The molecule has 5 heteroatoms. The van der Waals surface area contributed by atoms with Crippen LogP contribution in [-0.2, 0) is 4.79 Å². The molecule has 2 N–H and O–H groups in total. The molecule has 1 aromatic carbocycles. The maximum Gasteiger partial charge on any atom is 0.253 e. The van der Waals surface area contributed by atoms with Crippen molar-refractivity contribution in [3.05, 3.63) is 29.8 Å². The van der Waals surface area contributed by atoms with Gasteiger partial charge in [0.05, 0.1) is 6.54 Å². The van der Waals surface area contributed by atoms with Crippen molar-refractivity contribution in [1.82, 2.24) is 10.2 Å². The monoisotopic (exact) mass is 329 g/mol. The number of nitrogens with zero attached hydrogens (tertiary/aromatic N) is 1.